The first-order valence-corrected chi connectivity index (χ1v) is 6.81. The summed E-state index contributed by atoms with van der Waals surface area (Å²) in [4.78, 5) is 13.9. The van der Waals surface area contributed by atoms with Crippen molar-refractivity contribution in [3.63, 3.8) is 0 Å². The number of carbonyl (C=O) groups is 1. The number of hydrogen-bond acceptors (Lipinski definition) is 2. The standard InChI is InChI=1S/C14H21N3OS/c1-4-9-17(14(19)15-3)10-13(18)16-12-8-6-5-7-11(12)2/h5-8H,4,9-10H2,1-3H3,(H,15,19)(H,16,18). The Morgan fingerprint density at radius 1 is 1.37 bits per heavy atom. The molecule has 1 amide bonds. The molecule has 1 aromatic carbocycles. The lowest BCUT2D eigenvalue weighted by atomic mass is 10.2. The summed E-state index contributed by atoms with van der Waals surface area (Å²) in [6, 6.07) is 7.72. The van der Waals surface area contributed by atoms with E-state index in [2.05, 4.69) is 17.6 Å². The highest BCUT2D eigenvalue weighted by molar-refractivity contribution is 7.80. The first-order valence-electron chi connectivity index (χ1n) is 6.40. The molecule has 0 fully saturated rings. The second-order valence-electron chi connectivity index (χ2n) is 4.34. The summed E-state index contributed by atoms with van der Waals surface area (Å²) in [6.45, 7) is 5.06. The van der Waals surface area contributed by atoms with Crippen molar-refractivity contribution < 1.29 is 4.79 Å². The molecule has 0 aliphatic heterocycles. The molecule has 0 atom stereocenters. The summed E-state index contributed by atoms with van der Waals surface area (Å²) in [6.07, 6.45) is 0.944. The number of aryl methyl sites for hydroxylation is 1. The van der Waals surface area contributed by atoms with E-state index in [0.29, 0.717) is 5.11 Å². The van der Waals surface area contributed by atoms with Crippen molar-refractivity contribution >= 4 is 28.9 Å². The van der Waals surface area contributed by atoms with Crippen LogP contribution in [0.15, 0.2) is 24.3 Å². The van der Waals surface area contributed by atoms with Gasteiger partial charge in [-0.2, -0.15) is 0 Å². The Morgan fingerprint density at radius 2 is 2.05 bits per heavy atom. The molecular formula is C14H21N3OS. The van der Waals surface area contributed by atoms with Crippen LogP contribution in [0, 0.1) is 6.92 Å². The van der Waals surface area contributed by atoms with Crippen molar-refractivity contribution in [3.8, 4) is 0 Å². The Morgan fingerprint density at radius 3 is 2.63 bits per heavy atom. The molecule has 0 bridgehead atoms. The Kier molecular flexibility index (Phi) is 6.29. The number of hydrogen-bond donors (Lipinski definition) is 2. The van der Waals surface area contributed by atoms with Gasteiger partial charge in [-0.1, -0.05) is 25.1 Å². The zero-order chi connectivity index (χ0) is 14.3. The van der Waals surface area contributed by atoms with Crippen LogP contribution in [0.3, 0.4) is 0 Å². The van der Waals surface area contributed by atoms with Crippen LogP contribution in [-0.4, -0.2) is 36.1 Å². The van der Waals surface area contributed by atoms with Crippen LogP contribution < -0.4 is 10.6 Å². The minimum atomic E-state index is -0.0552. The number of anilines is 1. The second-order valence-corrected chi connectivity index (χ2v) is 4.73. The molecule has 0 aliphatic rings. The molecule has 0 unspecified atom stereocenters. The smallest absolute Gasteiger partial charge is 0.243 e. The molecule has 19 heavy (non-hydrogen) atoms. The summed E-state index contributed by atoms with van der Waals surface area (Å²) in [5, 5.41) is 6.42. The van der Waals surface area contributed by atoms with Gasteiger partial charge in [0.15, 0.2) is 5.11 Å². The molecule has 5 heteroatoms. The van der Waals surface area contributed by atoms with Crippen molar-refractivity contribution in [3.05, 3.63) is 29.8 Å². The van der Waals surface area contributed by atoms with Gasteiger partial charge in [0.2, 0.25) is 5.91 Å². The van der Waals surface area contributed by atoms with Crippen LogP contribution in [0.4, 0.5) is 5.69 Å². The molecule has 0 aliphatic carbocycles. The summed E-state index contributed by atoms with van der Waals surface area (Å²) in [5.74, 6) is -0.0552. The normalized spacial score (nSPS) is 9.84. The highest BCUT2D eigenvalue weighted by Crippen LogP contribution is 2.12. The molecule has 0 spiro atoms. The quantitative estimate of drug-likeness (QED) is 0.811. The topological polar surface area (TPSA) is 44.4 Å². The number of amides is 1. The average molecular weight is 279 g/mol. The first kappa shape index (κ1) is 15.4. The fraction of sp³-hybridized carbons (Fsp3) is 0.429. The maximum atomic E-state index is 12.0. The molecule has 1 aromatic rings. The van der Waals surface area contributed by atoms with E-state index in [9.17, 15) is 4.79 Å². The fourth-order valence-electron chi connectivity index (χ4n) is 1.76. The van der Waals surface area contributed by atoms with Gasteiger partial charge in [0.05, 0.1) is 6.54 Å². The van der Waals surface area contributed by atoms with E-state index < -0.39 is 0 Å². The van der Waals surface area contributed by atoms with Gasteiger partial charge >= 0.3 is 0 Å². The Balaban J connectivity index is 2.63. The van der Waals surface area contributed by atoms with Crippen molar-refractivity contribution in [2.24, 2.45) is 0 Å². The van der Waals surface area contributed by atoms with Crippen LogP contribution in [-0.2, 0) is 4.79 Å². The predicted octanol–water partition coefficient (Wildman–Crippen LogP) is 2.15. The van der Waals surface area contributed by atoms with Gasteiger partial charge < -0.3 is 15.5 Å². The molecule has 1 rings (SSSR count). The van der Waals surface area contributed by atoms with E-state index in [-0.39, 0.29) is 12.5 Å². The van der Waals surface area contributed by atoms with Crippen LogP contribution in [0.2, 0.25) is 0 Å². The van der Waals surface area contributed by atoms with Crippen LogP contribution in [0.5, 0.6) is 0 Å². The summed E-state index contributed by atoms with van der Waals surface area (Å²) in [5.41, 5.74) is 1.90. The van der Waals surface area contributed by atoms with Crippen molar-refractivity contribution in [1.29, 1.82) is 0 Å². The summed E-state index contributed by atoms with van der Waals surface area (Å²) < 4.78 is 0. The zero-order valence-corrected chi connectivity index (χ0v) is 12.5. The predicted molar refractivity (Wildman–Crippen MR) is 83.3 cm³/mol. The first-order chi connectivity index (χ1) is 9.08. The Bertz CT molecular complexity index is 448. The highest BCUT2D eigenvalue weighted by atomic mass is 32.1. The Labute approximate surface area is 120 Å². The van der Waals surface area contributed by atoms with Gasteiger partial charge in [0, 0.05) is 19.3 Å². The molecule has 0 saturated carbocycles. The molecule has 0 saturated heterocycles. The number of rotatable bonds is 5. The third-order valence-corrected chi connectivity index (χ3v) is 3.21. The zero-order valence-electron chi connectivity index (χ0n) is 11.7. The molecule has 104 valence electrons. The molecule has 2 N–H and O–H groups in total. The lowest BCUT2D eigenvalue weighted by Gasteiger charge is -2.23. The minimum absolute atomic E-state index is 0.0552. The molecule has 0 radical (unpaired) electrons. The van der Waals surface area contributed by atoms with Gasteiger partial charge in [-0.3, -0.25) is 4.79 Å². The Hall–Kier alpha value is -1.62. The van der Waals surface area contributed by atoms with Gasteiger partial charge in [-0.15, -0.1) is 0 Å². The number of nitrogens with zero attached hydrogens (tertiary/aromatic N) is 1. The van der Waals surface area contributed by atoms with Crippen molar-refractivity contribution in [2.75, 3.05) is 25.5 Å². The van der Waals surface area contributed by atoms with E-state index in [1.807, 2.05) is 36.1 Å². The summed E-state index contributed by atoms with van der Waals surface area (Å²) >= 11 is 5.19. The average Bonchev–Trinajstić information content (AvgIpc) is 2.40. The molecule has 0 aromatic heterocycles. The third-order valence-electron chi connectivity index (χ3n) is 2.75. The molecule has 0 heterocycles. The monoisotopic (exact) mass is 279 g/mol. The lowest BCUT2D eigenvalue weighted by Crippen LogP contribution is -2.43. The highest BCUT2D eigenvalue weighted by Gasteiger charge is 2.12. The van der Waals surface area contributed by atoms with Gasteiger partial charge in [-0.05, 0) is 37.2 Å². The van der Waals surface area contributed by atoms with E-state index in [4.69, 9.17) is 12.2 Å². The second kappa shape index (κ2) is 7.74. The van der Waals surface area contributed by atoms with Gasteiger partial charge in [0.25, 0.3) is 0 Å². The van der Waals surface area contributed by atoms with Crippen LogP contribution >= 0.6 is 12.2 Å². The summed E-state index contributed by atoms with van der Waals surface area (Å²) in [7, 11) is 1.77. The third kappa shape index (κ3) is 4.87. The number of carbonyl (C=O) groups excluding carboxylic acids is 1. The SMILES string of the molecule is CCCN(CC(=O)Nc1ccccc1C)C(=S)NC. The lowest BCUT2D eigenvalue weighted by molar-refractivity contribution is -0.116. The van der Waals surface area contributed by atoms with E-state index in [0.717, 1.165) is 24.2 Å². The van der Waals surface area contributed by atoms with E-state index in [1.54, 1.807) is 7.05 Å². The number of para-hydroxylation sites is 1. The molecule has 4 nitrogen and oxygen atoms in total. The fourth-order valence-corrected chi connectivity index (χ4v) is 1.91. The van der Waals surface area contributed by atoms with Gasteiger partial charge in [0.1, 0.15) is 0 Å². The van der Waals surface area contributed by atoms with Crippen molar-refractivity contribution in [2.45, 2.75) is 20.3 Å². The largest absolute Gasteiger partial charge is 0.366 e. The van der Waals surface area contributed by atoms with Crippen LogP contribution in [0.25, 0.3) is 0 Å². The van der Waals surface area contributed by atoms with E-state index >= 15 is 0 Å². The van der Waals surface area contributed by atoms with Crippen molar-refractivity contribution in [1.82, 2.24) is 10.2 Å². The number of thiocarbonyl (C=S) groups is 1. The van der Waals surface area contributed by atoms with E-state index in [1.165, 1.54) is 0 Å². The minimum Gasteiger partial charge on any atom is -0.366 e. The maximum Gasteiger partial charge on any atom is 0.243 e. The van der Waals surface area contributed by atoms with Gasteiger partial charge in [-0.25, -0.2) is 0 Å². The number of benzene rings is 1. The maximum absolute atomic E-state index is 12.0. The number of nitrogens with one attached hydrogen (secondary N) is 2. The van der Waals surface area contributed by atoms with Crippen LogP contribution in [0.1, 0.15) is 18.9 Å². The molecular weight excluding hydrogens is 258 g/mol.